The van der Waals surface area contributed by atoms with Gasteiger partial charge in [0.25, 0.3) is 0 Å². The minimum Gasteiger partial charge on any atom is -0.497 e. The lowest BCUT2D eigenvalue weighted by Gasteiger charge is -2.08. The van der Waals surface area contributed by atoms with Crippen LogP contribution in [0.5, 0.6) is 5.75 Å². The van der Waals surface area contributed by atoms with Gasteiger partial charge in [-0.25, -0.2) is 9.78 Å². The number of carbonyl (C=O) groups excluding carboxylic acids is 1. The number of hydrogen-bond donors (Lipinski definition) is 2. The van der Waals surface area contributed by atoms with Gasteiger partial charge in [0, 0.05) is 31.9 Å². The molecule has 0 bridgehead atoms. The van der Waals surface area contributed by atoms with Gasteiger partial charge in [-0.3, -0.25) is 0 Å². The largest absolute Gasteiger partial charge is 0.497 e. The van der Waals surface area contributed by atoms with E-state index < -0.39 is 0 Å². The van der Waals surface area contributed by atoms with Gasteiger partial charge in [0.2, 0.25) is 0 Å². The van der Waals surface area contributed by atoms with E-state index in [0.29, 0.717) is 19.5 Å². The van der Waals surface area contributed by atoms with Crippen LogP contribution in [0, 0.1) is 0 Å². The van der Waals surface area contributed by atoms with Crippen LogP contribution in [0.2, 0.25) is 0 Å². The Kier molecular flexibility index (Phi) is 4.96. The highest BCUT2D eigenvalue weighted by Gasteiger charge is 2.04. The third kappa shape index (κ3) is 4.04. The Bertz CT molecular complexity index is 796. The van der Waals surface area contributed by atoms with Crippen LogP contribution in [-0.4, -0.2) is 29.1 Å². The van der Waals surface area contributed by atoms with Crippen molar-refractivity contribution in [3.8, 4) is 5.75 Å². The number of amides is 2. The molecule has 0 saturated carbocycles. The van der Waals surface area contributed by atoms with E-state index in [9.17, 15) is 4.79 Å². The molecule has 0 aliphatic heterocycles. The predicted octanol–water partition coefficient (Wildman–Crippen LogP) is 2.38. The number of nitrogens with one attached hydrogen (secondary N) is 2. The van der Waals surface area contributed by atoms with Crippen LogP contribution >= 0.6 is 0 Å². The molecular formula is C18H20N4O2. The predicted molar refractivity (Wildman–Crippen MR) is 92.1 cm³/mol. The molecular weight excluding hydrogens is 304 g/mol. The molecule has 0 radical (unpaired) electrons. The summed E-state index contributed by atoms with van der Waals surface area (Å²) in [4.78, 5) is 16.4. The molecule has 0 unspecified atom stereocenters. The van der Waals surface area contributed by atoms with Crippen LogP contribution in [-0.2, 0) is 13.0 Å². The van der Waals surface area contributed by atoms with E-state index in [-0.39, 0.29) is 6.03 Å². The van der Waals surface area contributed by atoms with E-state index in [4.69, 9.17) is 4.74 Å². The lowest BCUT2D eigenvalue weighted by molar-refractivity contribution is 0.240. The highest BCUT2D eigenvalue weighted by Crippen LogP contribution is 2.12. The van der Waals surface area contributed by atoms with Crippen molar-refractivity contribution in [2.75, 3.05) is 13.7 Å². The summed E-state index contributed by atoms with van der Waals surface area (Å²) in [5.41, 5.74) is 2.86. The maximum absolute atomic E-state index is 11.9. The molecule has 2 heterocycles. The number of methoxy groups -OCH3 is 1. The maximum Gasteiger partial charge on any atom is 0.315 e. The number of pyridine rings is 1. The molecule has 0 atom stereocenters. The number of carbonyl (C=O) groups is 1. The standard InChI is InChI=1S/C18H20N4O2/c1-24-16-6-4-5-14(11-16)12-20-18(23)19-9-8-15-13-22-10-3-2-7-17(22)21-15/h2-7,10-11,13H,8-9,12H2,1H3,(H2,19,20,23). The number of rotatable bonds is 6. The van der Waals surface area contributed by atoms with Gasteiger partial charge in [-0.1, -0.05) is 18.2 Å². The first-order chi connectivity index (χ1) is 11.7. The molecule has 0 fully saturated rings. The van der Waals surface area contributed by atoms with E-state index in [0.717, 1.165) is 22.7 Å². The van der Waals surface area contributed by atoms with Gasteiger partial charge < -0.3 is 19.8 Å². The third-order valence-electron chi connectivity index (χ3n) is 3.67. The third-order valence-corrected chi connectivity index (χ3v) is 3.67. The normalized spacial score (nSPS) is 10.5. The fraction of sp³-hybridized carbons (Fsp3) is 0.222. The number of benzene rings is 1. The molecule has 0 aliphatic rings. The van der Waals surface area contributed by atoms with Crippen molar-refractivity contribution in [1.82, 2.24) is 20.0 Å². The second-order valence-electron chi connectivity index (χ2n) is 5.41. The second kappa shape index (κ2) is 7.50. The number of urea groups is 1. The van der Waals surface area contributed by atoms with Crippen molar-refractivity contribution in [3.63, 3.8) is 0 Å². The molecule has 6 nitrogen and oxygen atoms in total. The first kappa shape index (κ1) is 15.9. The Balaban J connectivity index is 1.43. The summed E-state index contributed by atoms with van der Waals surface area (Å²) in [6.45, 7) is 0.991. The maximum atomic E-state index is 11.9. The smallest absolute Gasteiger partial charge is 0.315 e. The number of aromatic nitrogens is 2. The number of nitrogens with zero attached hydrogens (tertiary/aromatic N) is 2. The quantitative estimate of drug-likeness (QED) is 0.731. The Morgan fingerprint density at radius 3 is 2.96 bits per heavy atom. The lowest BCUT2D eigenvalue weighted by atomic mass is 10.2. The molecule has 2 amide bonds. The van der Waals surface area contributed by atoms with Gasteiger partial charge in [0.15, 0.2) is 0 Å². The number of ether oxygens (including phenoxy) is 1. The van der Waals surface area contributed by atoms with Crippen LogP contribution in [0.15, 0.2) is 54.9 Å². The van der Waals surface area contributed by atoms with Gasteiger partial charge >= 0.3 is 6.03 Å². The number of imidazole rings is 1. The van der Waals surface area contributed by atoms with Crippen LogP contribution in [0.25, 0.3) is 5.65 Å². The molecule has 24 heavy (non-hydrogen) atoms. The summed E-state index contributed by atoms with van der Waals surface area (Å²) in [7, 11) is 1.62. The molecule has 0 saturated heterocycles. The van der Waals surface area contributed by atoms with Gasteiger partial charge in [-0.05, 0) is 29.8 Å². The molecule has 3 rings (SSSR count). The van der Waals surface area contributed by atoms with Gasteiger partial charge in [0.05, 0.1) is 12.8 Å². The summed E-state index contributed by atoms with van der Waals surface area (Å²) in [6, 6.07) is 13.3. The van der Waals surface area contributed by atoms with Crippen LogP contribution < -0.4 is 15.4 Å². The van der Waals surface area contributed by atoms with Crippen LogP contribution in [0.3, 0.4) is 0 Å². The summed E-state index contributed by atoms with van der Waals surface area (Å²) in [5, 5.41) is 5.68. The van der Waals surface area contributed by atoms with E-state index in [1.54, 1.807) is 7.11 Å². The Morgan fingerprint density at radius 2 is 2.12 bits per heavy atom. The molecule has 3 aromatic rings. The SMILES string of the molecule is COc1cccc(CNC(=O)NCCc2cn3ccccc3n2)c1. The number of hydrogen-bond acceptors (Lipinski definition) is 3. The van der Waals surface area contributed by atoms with Crippen molar-refractivity contribution < 1.29 is 9.53 Å². The Morgan fingerprint density at radius 1 is 1.21 bits per heavy atom. The van der Waals surface area contributed by atoms with E-state index in [2.05, 4.69) is 15.6 Å². The van der Waals surface area contributed by atoms with Crippen molar-refractivity contribution in [1.29, 1.82) is 0 Å². The lowest BCUT2D eigenvalue weighted by Crippen LogP contribution is -2.36. The highest BCUT2D eigenvalue weighted by molar-refractivity contribution is 5.73. The molecule has 2 N–H and O–H groups in total. The van der Waals surface area contributed by atoms with Crippen molar-refractivity contribution in [2.24, 2.45) is 0 Å². The molecule has 124 valence electrons. The molecule has 1 aromatic carbocycles. The fourth-order valence-electron chi connectivity index (χ4n) is 2.44. The average Bonchev–Trinajstić information content (AvgIpc) is 3.03. The van der Waals surface area contributed by atoms with E-state index in [1.165, 1.54) is 0 Å². The van der Waals surface area contributed by atoms with Gasteiger partial charge in [-0.15, -0.1) is 0 Å². The van der Waals surface area contributed by atoms with Gasteiger partial charge in [-0.2, -0.15) is 0 Å². The Labute approximate surface area is 140 Å². The zero-order chi connectivity index (χ0) is 16.8. The minimum absolute atomic E-state index is 0.193. The van der Waals surface area contributed by atoms with Crippen LogP contribution in [0.1, 0.15) is 11.3 Å². The van der Waals surface area contributed by atoms with Crippen molar-refractivity contribution in [3.05, 3.63) is 66.1 Å². The Hall–Kier alpha value is -3.02. The first-order valence-corrected chi connectivity index (χ1v) is 7.82. The summed E-state index contributed by atoms with van der Waals surface area (Å²) in [6.07, 6.45) is 4.62. The van der Waals surface area contributed by atoms with Gasteiger partial charge in [0.1, 0.15) is 11.4 Å². The summed E-state index contributed by atoms with van der Waals surface area (Å²) in [5.74, 6) is 0.779. The number of fused-ring (bicyclic) bond motifs is 1. The summed E-state index contributed by atoms with van der Waals surface area (Å²) < 4.78 is 7.13. The van der Waals surface area contributed by atoms with Crippen LogP contribution in [0.4, 0.5) is 4.79 Å². The van der Waals surface area contributed by atoms with Crippen molar-refractivity contribution in [2.45, 2.75) is 13.0 Å². The molecule has 0 spiro atoms. The zero-order valence-electron chi connectivity index (χ0n) is 13.5. The van der Waals surface area contributed by atoms with E-state index >= 15 is 0 Å². The summed E-state index contributed by atoms with van der Waals surface area (Å²) >= 11 is 0. The monoisotopic (exact) mass is 324 g/mol. The topological polar surface area (TPSA) is 67.7 Å². The minimum atomic E-state index is -0.193. The fourth-order valence-corrected chi connectivity index (χ4v) is 2.44. The highest BCUT2D eigenvalue weighted by atomic mass is 16.5. The zero-order valence-corrected chi connectivity index (χ0v) is 13.5. The van der Waals surface area contributed by atoms with Crippen molar-refractivity contribution >= 4 is 11.7 Å². The van der Waals surface area contributed by atoms with E-state index in [1.807, 2.05) is 59.3 Å². The first-order valence-electron chi connectivity index (χ1n) is 7.82. The molecule has 0 aliphatic carbocycles. The second-order valence-corrected chi connectivity index (χ2v) is 5.41. The molecule has 6 heteroatoms. The molecule has 2 aromatic heterocycles. The average molecular weight is 324 g/mol.